The van der Waals surface area contributed by atoms with Gasteiger partial charge in [0.25, 0.3) is 0 Å². The van der Waals surface area contributed by atoms with Crippen molar-refractivity contribution in [2.45, 2.75) is 123 Å². The summed E-state index contributed by atoms with van der Waals surface area (Å²) in [5.74, 6) is 0. The summed E-state index contributed by atoms with van der Waals surface area (Å²) in [7, 11) is 0. The van der Waals surface area contributed by atoms with Gasteiger partial charge in [0.05, 0.1) is 0 Å². The van der Waals surface area contributed by atoms with Crippen LogP contribution in [0.15, 0.2) is 0 Å². The van der Waals surface area contributed by atoms with Gasteiger partial charge in [0, 0.05) is 1.43 Å². The zero-order chi connectivity index (χ0) is 12.7. The fraction of sp³-hybridized carbons (Fsp3) is 1.00. The normalized spacial score (nSPS) is 21.6. The summed E-state index contributed by atoms with van der Waals surface area (Å²) in [6.45, 7) is 0. The van der Waals surface area contributed by atoms with E-state index in [0.717, 1.165) is 0 Å². The van der Waals surface area contributed by atoms with Crippen LogP contribution in [0.25, 0.3) is 0 Å². The molecule has 0 aromatic heterocycles. The van der Waals surface area contributed by atoms with Crippen molar-refractivity contribution in [3.05, 3.63) is 0 Å². The molecule has 3 saturated carbocycles. The van der Waals surface area contributed by atoms with Gasteiger partial charge in [0.15, 0.2) is 0 Å². The SMILES string of the molecule is C.C1CCCCC1.C1CCCCC1.C1CCCCC1.F.[2HH]. The van der Waals surface area contributed by atoms with Crippen LogP contribution in [0.3, 0.4) is 0 Å². The van der Waals surface area contributed by atoms with Gasteiger partial charge < -0.3 is 0 Å². The van der Waals surface area contributed by atoms with Gasteiger partial charge in [-0.05, 0) is 0 Å². The molecule has 0 spiro atoms. The third-order valence-electron chi connectivity index (χ3n) is 4.50. The van der Waals surface area contributed by atoms with Gasteiger partial charge in [0.1, 0.15) is 0 Å². The highest BCUT2D eigenvalue weighted by atomic mass is 19.0. The summed E-state index contributed by atoms with van der Waals surface area (Å²) in [4.78, 5) is 0. The van der Waals surface area contributed by atoms with Crippen LogP contribution in [-0.2, 0) is 0 Å². The van der Waals surface area contributed by atoms with E-state index in [0.29, 0.717) is 0 Å². The average Bonchev–Trinajstić information content (AvgIpc) is 2.54. The Kier molecular flexibility index (Phi) is 21.0. The first-order valence-corrected chi connectivity index (χ1v) is 9.00. The largest absolute Gasteiger partial charge is 0.269 e. The topological polar surface area (TPSA) is 0 Å². The summed E-state index contributed by atoms with van der Waals surface area (Å²) in [5.41, 5.74) is 0. The van der Waals surface area contributed by atoms with Crippen LogP contribution in [0.5, 0.6) is 0 Å². The lowest BCUT2D eigenvalue weighted by Gasteiger charge is -2.05. The van der Waals surface area contributed by atoms with E-state index < -0.39 is 0 Å². The minimum absolute atomic E-state index is 0. The maximum absolute atomic E-state index is 1.50. The van der Waals surface area contributed by atoms with Gasteiger partial charge in [-0.2, -0.15) is 0 Å². The summed E-state index contributed by atoms with van der Waals surface area (Å²) in [6.07, 6.45) is 27.0. The number of rotatable bonds is 0. The van der Waals surface area contributed by atoms with E-state index in [-0.39, 0.29) is 13.6 Å². The molecule has 0 heterocycles. The van der Waals surface area contributed by atoms with Gasteiger partial charge in [-0.1, -0.05) is 123 Å². The molecule has 3 fully saturated rings. The first-order valence-electron chi connectivity index (χ1n) is 9.00. The van der Waals surface area contributed by atoms with Crippen molar-refractivity contribution >= 4 is 0 Å². The molecule has 0 aromatic carbocycles. The lowest BCUT2D eigenvalue weighted by atomic mass is 10.0. The second-order valence-corrected chi connectivity index (χ2v) is 6.36. The molecule has 20 heavy (non-hydrogen) atoms. The quantitative estimate of drug-likeness (QED) is 0.423. The van der Waals surface area contributed by atoms with E-state index >= 15 is 0 Å². The molecule has 3 aliphatic carbocycles. The number of hydrogen-bond donors (Lipinski definition) is 0. The molecule has 3 rings (SSSR count). The van der Waals surface area contributed by atoms with E-state index in [1.165, 1.54) is 116 Å². The highest BCUT2D eigenvalue weighted by Gasteiger charge is 1.96. The molecule has 0 amide bonds. The van der Waals surface area contributed by atoms with Crippen LogP contribution >= 0.6 is 0 Å². The van der Waals surface area contributed by atoms with Gasteiger partial charge >= 0.3 is 0 Å². The second-order valence-electron chi connectivity index (χ2n) is 6.36. The summed E-state index contributed by atoms with van der Waals surface area (Å²) >= 11 is 0. The lowest BCUT2D eigenvalue weighted by molar-refractivity contribution is 0.504. The van der Waals surface area contributed by atoms with Gasteiger partial charge in [-0.15, -0.1) is 0 Å². The van der Waals surface area contributed by atoms with Gasteiger partial charge in [-0.3, -0.25) is 4.70 Å². The predicted octanol–water partition coefficient (Wildman–Crippen LogP) is 8.06. The van der Waals surface area contributed by atoms with Crippen molar-refractivity contribution in [1.29, 1.82) is 0 Å². The molecule has 0 bridgehead atoms. The summed E-state index contributed by atoms with van der Waals surface area (Å²) in [6, 6.07) is 0. The van der Waals surface area contributed by atoms with Crippen molar-refractivity contribution in [3.63, 3.8) is 0 Å². The molecule has 0 radical (unpaired) electrons. The first-order chi connectivity index (χ1) is 9.00. The molecule has 0 aromatic rings. The molecular weight excluding hydrogens is 247 g/mol. The minimum atomic E-state index is 0. The van der Waals surface area contributed by atoms with Crippen LogP contribution in [0, 0.1) is 0 Å². The predicted molar refractivity (Wildman–Crippen MR) is 94.5 cm³/mol. The third kappa shape index (κ3) is 16.0. The Morgan fingerprint density at radius 3 is 0.350 bits per heavy atom. The number of halogens is 1. The fourth-order valence-electron chi connectivity index (χ4n) is 3.18. The second kappa shape index (κ2) is 18.9. The summed E-state index contributed by atoms with van der Waals surface area (Å²) in [5, 5.41) is 0. The molecule has 0 atom stereocenters. The van der Waals surface area contributed by atoms with Crippen LogP contribution < -0.4 is 0 Å². The molecule has 0 nitrogen and oxygen atoms in total. The molecule has 0 N–H and O–H groups in total. The van der Waals surface area contributed by atoms with E-state index in [4.69, 9.17) is 0 Å². The molecular formula is C19H43F. The smallest absolute Gasteiger partial charge is 0 e. The van der Waals surface area contributed by atoms with E-state index in [9.17, 15) is 0 Å². The van der Waals surface area contributed by atoms with E-state index in [1.54, 1.807) is 0 Å². The fourth-order valence-corrected chi connectivity index (χ4v) is 3.18. The lowest BCUT2D eigenvalue weighted by Crippen LogP contribution is -1.85. The monoisotopic (exact) mass is 291 g/mol. The van der Waals surface area contributed by atoms with Crippen LogP contribution in [0.2, 0.25) is 0 Å². The Balaban J connectivity index is -0.000000216. The van der Waals surface area contributed by atoms with Gasteiger partial charge in [0.2, 0.25) is 0 Å². The van der Waals surface area contributed by atoms with Crippen molar-refractivity contribution in [2.24, 2.45) is 0 Å². The zero-order valence-electron chi connectivity index (χ0n) is 13.1. The first kappa shape index (κ1) is 22.2. The maximum atomic E-state index is 1.50. The molecule has 3 aliphatic rings. The summed E-state index contributed by atoms with van der Waals surface area (Å²) < 4.78 is 0. The highest BCUT2D eigenvalue weighted by molar-refractivity contribution is 4.52. The third-order valence-corrected chi connectivity index (χ3v) is 4.50. The average molecular weight is 292 g/mol. The zero-order valence-corrected chi connectivity index (χ0v) is 13.1. The van der Waals surface area contributed by atoms with Crippen molar-refractivity contribution in [2.75, 3.05) is 0 Å². The van der Waals surface area contributed by atoms with Crippen LogP contribution in [-0.4, -0.2) is 0 Å². The molecule has 126 valence electrons. The Labute approximate surface area is 130 Å². The van der Waals surface area contributed by atoms with Crippen molar-refractivity contribution in [3.8, 4) is 0 Å². The Morgan fingerprint density at radius 2 is 0.300 bits per heavy atom. The van der Waals surface area contributed by atoms with Gasteiger partial charge in [-0.25, -0.2) is 0 Å². The van der Waals surface area contributed by atoms with Crippen LogP contribution in [0.1, 0.15) is 124 Å². The minimum Gasteiger partial charge on any atom is -0.269 e. The molecule has 0 aliphatic heterocycles. The standard InChI is InChI=1S/3C6H12.CH4.FH.H2/c3*1-2-4-6-5-3-1;;;/h3*1-6H2;1H4;2*1H/i;;;;;1+1. The molecule has 1 heteroatoms. The van der Waals surface area contributed by atoms with E-state index in [1.807, 2.05) is 0 Å². The maximum Gasteiger partial charge on any atom is 0 e. The molecule has 0 unspecified atom stereocenters. The van der Waals surface area contributed by atoms with Crippen molar-refractivity contribution in [1.82, 2.24) is 0 Å². The van der Waals surface area contributed by atoms with E-state index in [2.05, 4.69) is 0 Å². The number of hydrogen-bond acceptors (Lipinski definition) is 0. The highest BCUT2D eigenvalue weighted by Crippen LogP contribution is 2.16. The Morgan fingerprint density at radius 1 is 0.250 bits per heavy atom. The Hall–Kier alpha value is -0.0700. The molecule has 0 saturated heterocycles. The van der Waals surface area contributed by atoms with Crippen molar-refractivity contribution < 1.29 is 6.13 Å². The Bertz CT molecular complexity index is 86.6. The van der Waals surface area contributed by atoms with Crippen LogP contribution in [0.4, 0.5) is 4.70 Å².